The number of hydrogen-bond acceptors (Lipinski definition) is 1. The first-order valence-electron chi connectivity index (χ1n) is 7.13. The van der Waals surface area contributed by atoms with Crippen molar-refractivity contribution in [2.75, 3.05) is 6.54 Å². The molecule has 1 aromatic carbocycles. The molecule has 0 saturated heterocycles. The molecule has 0 bridgehead atoms. The molecule has 1 N–H and O–H groups in total. The van der Waals surface area contributed by atoms with E-state index in [0.29, 0.717) is 13.0 Å². The van der Waals surface area contributed by atoms with Crippen LogP contribution in [0.25, 0.3) is 0 Å². The molecule has 0 aromatic heterocycles. The van der Waals surface area contributed by atoms with Crippen molar-refractivity contribution < 1.29 is 9.18 Å². The number of hydrogen-bond donors (Lipinski definition) is 1. The highest BCUT2D eigenvalue weighted by molar-refractivity contribution is 5.82. The average Bonchev–Trinajstić information content (AvgIpc) is 2.39. The van der Waals surface area contributed by atoms with Gasteiger partial charge in [0, 0.05) is 12.0 Å². The lowest BCUT2D eigenvalue weighted by molar-refractivity contribution is -0.131. The van der Waals surface area contributed by atoms with Crippen molar-refractivity contribution in [3.63, 3.8) is 0 Å². The molecule has 2 nitrogen and oxygen atoms in total. The fourth-order valence-electron chi connectivity index (χ4n) is 2.79. The van der Waals surface area contributed by atoms with Crippen LogP contribution in [0.5, 0.6) is 0 Å². The minimum absolute atomic E-state index is 0.156. The van der Waals surface area contributed by atoms with Gasteiger partial charge in [-0.15, -0.1) is 0 Å². The maximum absolute atomic E-state index is 13.0. The summed E-state index contributed by atoms with van der Waals surface area (Å²) in [7, 11) is 0. The molecular formula is C16H22FNO. The van der Waals surface area contributed by atoms with Gasteiger partial charge in [-0.25, -0.2) is 4.39 Å². The lowest BCUT2D eigenvalue weighted by Crippen LogP contribution is -2.41. The molecule has 1 amide bonds. The van der Waals surface area contributed by atoms with Crippen LogP contribution in [0.3, 0.4) is 0 Å². The van der Waals surface area contributed by atoms with E-state index in [1.165, 1.54) is 18.6 Å². The quantitative estimate of drug-likeness (QED) is 0.885. The molecular weight excluding hydrogens is 241 g/mol. The van der Waals surface area contributed by atoms with Crippen LogP contribution in [0.4, 0.5) is 4.39 Å². The molecule has 104 valence electrons. The van der Waals surface area contributed by atoms with E-state index in [2.05, 4.69) is 12.2 Å². The van der Waals surface area contributed by atoms with Crippen molar-refractivity contribution in [2.24, 2.45) is 5.41 Å². The number of carbonyl (C=O) groups is 1. The first-order valence-corrected chi connectivity index (χ1v) is 7.13. The highest BCUT2D eigenvalue weighted by Crippen LogP contribution is 2.35. The smallest absolute Gasteiger partial charge is 0.225 e. The van der Waals surface area contributed by atoms with Crippen molar-refractivity contribution in [1.29, 1.82) is 0 Å². The number of benzene rings is 1. The van der Waals surface area contributed by atoms with Gasteiger partial charge in [0.2, 0.25) is 5.91 Å². The van der Waals surface area contributed by atoms with Gasteiger partial charge in [-0.1, -0.05) is 38.3 Å². The average molecular weight is 263 g/mol. The second kappa shape index (κ2) is 6.18. The van der Waals surface area contributed by atoms with Crippen molar-refractivity contribution in [3.8, 4) is 0 Å². The third-order valence-electron chi connectivity index (χ3n) is 4.09. The van der Waals surface area contributed by atoms with Crippen LogP contribution in [-0.2, 0) is 11.2 Å². The van der Waals surface area contributed by atoms with Crippen molar-refractivity contribution >= 4 is 5.91 Å². The zero-order chi connectivity index (χ0) is 13.7. The Morgan fingerprint density at radius 2 is 2.05 bits per heavy atom. The summed E-state index contributed by atoms with van der Waals surface area (Å²) in [5.74, 6) is -0.0633. The van der Waals surface area contributed by atoms with Gasteiger partial charge in [0.05, 0.1) is 0 Å². The van der Waals surface area contributed by atoms with Crippen LogP contribution in [0.2, 0.25) is 0 Å². The Morgan fingerprint density at radius 3 is 2.74 bits per heavy atom. The molecule has 0 radical (unpaired) electrons. The Kier molecular flexibility index (Phi) is 4.56. The molecule has 1 aliphatic carbocycles. The third kappa shape index (κ3) is 3.79. The fourth-order valence-corrected chi connectivity index (χ4v) is 2.79. The number of nitrogens with one attached hydrogen (secondary N) is 1. The van der Waals surface area contributed by atoms with E-state index in [1.807, 2.05) is 6.07 Å². The molecule has 3 heteroatoms. The van der Waals surface area contributed by atoms with E-state index in [4.69, 9.17) is 0 Å². The molecule has 1 saturated carbocycles. The van der Waals surface area contributed by atoms with E-state index in [9.17, 15) is 9.18 Å². The fraction of sp³-hybridized carbons (Fsp3) is 0.562. The van der Waals surface area contributed by atoms with Gasteiger partial charge in [-0.05, 0) is 37.0 Å². The number of amides is 1. The molecule has 0 heterocycles. The largest absolute Gasteiger partial charge is 0.355 e. The Morgan fingerprint density at radius 1 is 1.32 bits per heavy atom. The van der Waals surface area contributed by atoms with Gasteiger partial charge >= 0.3 is 0 Å². The molecule has 19 heavy (non-hydrogen) atoms. The van der Waals surface area contributed by atoms with Crippen LogP contribution >= 0.6 is 0 Å². The predicted molar refractivity (Wildman–Crippen MR) is 74.3 cm³/mol. The van der Waals surface area contributed by atoms with Crippen LogP contribution in [0.1, 0.15) is 44.6 Å². The van der Waals surface area contributed by atoms with E-state index in [-0.39, 0.29) is 17.1 Å². The second-order valence-electron chi connectivity index (χ2n) is 5.76. The van der Waals surface area contributed by atoms with Gasteiger partial charge in [-0.3, -0.25) is 4.79 Å². The number of carbonyl (C=O) groups excluding carboxylic acids is 1. The van der Waals surface area contributed by atoms with Gasteiger partial charge < -0.3 is 5.32 Å². The third-order valence-corrected chi connectivity index (χ3v) is 4.09. The summed E-state index contributed by atoms with van der Waals surface area (Å²) in [6.45, 7) is 2.64. The first-order chi connectivity index (χ1) is 9.10. The van der Waals surface area contributed by atoms with Gasteiger partial charge in [0.1, 0.15) is 5.82 Å². The van der Waals surface area contributed by atoms with E-state index >= 15 is 0 Å². The Bertz CT molecular complexity index is 438. The molecule has 0 aliphatic heterocycles. The summed E-state index contributed by atoms with van der Waals surface area (Å²) in [4.78, 5) is 12.2. The minimum atomic E-state index is -0.219. The normalized spacial score (nSPS) is 18.0. The summed E-state index contributed by atoms with van der Waals surface area (Å²) in [6, 6.07) is 6.55. The monoisotopic (exact) mass is 263 g/mol. The summed E-state index contributed by atoms with van der Waals surface area (Å²) >= 11 is 0. The molecule has 2 rings (SSSR count). The SMILES string of the molecule is CC1(C(=O)NCCc2cccc(F)c2)CCCCC1. The second-order valence-corrected chi connectivity index (χ2v) is 5.76. The molecule has 1 fully saturated rings. The van der Waals surface area contributed by atoms with Crippen LogP contribution in [-0.4, -0.2) is 12.5 Å². The van der Waals surface area contributed by atoms with Crippen molar-refractivity contribution in [1.82, 2.24) is 5.32 Å². The maximum atomic E-state index is 13.0. The number of rotatable bonds is 4. The molecule has 0 unspecified atom stereocenters. The zero-order valence-electron chi connectivity index (χ0n) is 11.5. The summed E-state index contributed by atoms with van der Waals surface area (Å²) in [5, 5.41) is 3.00. The zero-order valence-corrected chi connectivity index (χ0v) is 11.5. The van der Waals surface area contributed by atoms with Crippen molar-refractivity contribution in [3.05, 3.63) is 35.6 Å². The van der Waals surface area contributed by atoms with E-state index in [1.54, 1.807) is 6.07 Å². The van der Waals surface area contributed by atoms with Crippen LogP contribution < -0.4 is 5.32 Å². The van der Waals surface area contributed by atoms with Gasteiger partial charge in [0.15, 0.2) is 0 Å². The highest BCUT2D eigenvalue weighted by atomic mass is 19.1. The van der Waals surface area contributed by atoms with Crippen LogP contribution in [0.15, 0.2) is 24.3 Å². The summed E-state index contributed by atoms with van der Waals surface area (Å²) < 4.78 is 13.0. The highest BCUT2D eigenvalue weighted by Gasteiger charge is 2.33. The Hall–Kier alpha value is -1.38. The predicted octanol–water partition coefficient (Wildman–Crippen LogP) is 3.45. The van der Waals surface area contributed by atoms with Gasteiger partial charge in [-0.2, -0.15) is 0 Å². The number of halogens is 1. The molecule has 0 spiro atoms. The Balaban J connectivity index is 1.80. The minimum Gasteiger partial charge on any atom is -0.355 e. The Labute approximate surface area is 114 Å². The van der Waals surface area contributed by atoms with Crippen LogP contribution in [0, 0.1) is 11.2 Å². The topological polar surface area (TPSA) is 29.1 Å². The molecule has 0 atom stereocenters. The van der Waals surface area contributed by atoms with E-state index < -0.39 is 0 Å². The van der Waals surface area contributed by atoms with Gasteiger partial charge in [0.25, 0.3) is 0 Å². The summed E-state index contributed by atoms with van der Waals surface area (Å²) in [5.41, 5.74) is 0.731. The van der Waals surface area contributed by atoms with E-state index in [0.717, 1.165) is 31.2 Å². The lowest BCUT2D eigenvalue weighted by Gasteiger charge is -2.32. The first kappa shape index (κ1) is 14.0. The molecule has 1 aliphatic rings. The molecule has 1 aromatic rings. The standard InChI is InChI=1S/C16H22FNO/c1-16(9-3-2-4-10-16)15(19)18-11-8-13-6-5-7-14(17)12-13/h5-7,12H,2-4,8-11H2,1H3,(H,18,19). The lowest BCUT2D eigenvalue weighted by atomic mass is 9.75. The summed E-state index contributed by atoms with van der Waals surface area (Å²) in [6.07, 6.45) is 6.19. The van der Waals surface area contributed by atoms with Crippen molar-refractivity contribution in [2.45, 2.75) is 45.4 Å². The maximum Gasteiger partial charge on any atom is 0.225 e.